The van der Waals surface area contributed by atoms with Gasteiger partial charge in [0.05, 0.1) is 0 Å². The molecule has 0 aromatic heterocycles. The number of nitrogens with one attached hydrogen (secondary N) is 1. The monoisotopic (exact) mass is 334 g/mol. The van der Waals surface area contributed by atoms with Crippen molar-refractivity contribution in [2.75, 3.05) is 13.7 Å². The van der Waals surface area contributed by atoms with Crippen LogP contribution < -0.4 is 5.32 Å². The summed E-state index contributed by atoms with van der Waals surface area (Å²) in [6, 6.07) is 0. The average Bonchev–Trinajstić information content (AvgIpc) is 2.55. The molecule has 0 aromatic rings. The van der Waals surface area contributed by atoms with Gasteiger partial charge in [-0.2, -0.15) is 0 Å². The lowest BCUT2D eigenvalue weighted by Gasteiger charge is -2.54. The predicted octanol–water partition coefficient (Wildman–Crippen LogP) is -4.69. The third-order valence-electron chi connectivity index (χ3n) is 4.71. The summed E-state index contributed by atoms with van der Waals surface area (Å²) in [5.74, 6) is -8.71. The molecule has 4 heterocycles. The lowest BCUT2D eigenvalue weighted by Crippen LogP contribution is -2.87. The smallest absolute Gasteiger partial charge is 0.285 e. The topological polar surface area (TPSA) is 158 Å². The van der Waals surface area contributed by atoms with Crippen molar-refractivity contribution < 1.29 is 38.4 Å². The van der Waals surface area contributed by atoms with Gasteiger partial charge in [0, 0.05) is 7.05 Å². The predicted molar refractivity (Wildman–Crippen MR) is 64.4 cm³/mol. The van der Waals surface area contributed by atoms with Crippen LogP contribution in [0.2, 0.25) is 0 Å². The summed E-state index contributed by atoms with van der Waals surface area (Å²) < 4.78 is 0. The molecule has 12 nitrogen and oxygen atoms in total. The maximum absolute atomic E-state index is 12.0. The largest absolute Gasteiger partial charge is 0.293 e. The van der Waals surface area contributed by atoms with Crippen LogP contribution in [0.25, 0.3) is 0 Å². The van der Waals surface area contributed by atoms with Gasteiger partial charge >= 0.3 is 0 Å². The molecule has 122 valence electrons. The van der Waals surface area contributed by atoms with Crippen molar-refractivity contribution in [2.24, 2.45) is 10.8 Å². The van der Waals surface area contributed by atoms with Gasteiger partial charge in [0.1, 0.15) is 6.67 Å². The van der Waals surface area contributed by atoms with Gasteiger partial charge in [-0.25, -0.2) is 0 Å². The average molecular weight is 334 g/mol. The van der Waals surface area contributed by atoms with E-state index < -0.39 is 64.8 Å². The van der Waals surface area contributed by atoms with Crippen LogP contribution >= 0.6 is 0 Å². The van der Waals surface area contributed by atoms with Gasteiger partial charge < -0.3 is 0 Å². The molecule has 0 unspecified atom stereocenters. The van der Waals surface area contributed by atoms with Crippen LogP contribution in [-0.2, 0) is 38.4 Å². The van der Waals surface area contributed by atoms with E-state index in [2.05, 4.69) is 0 Å². The molecule has 8 amide bonds. The lowest BCUT2D eigenvalue weighted by atomic mass is 9.68. The molecule has 0 aliphatic carbocycles. The molecular weight excluding hydrogens is 328 g/mol. The second-order valence-corrected chi connectivity index (χ2v) is 5.67. The number of amides is 8. The molecule has 4 aliphatic heterocycles. The van der Waals surface area contributed by atoms with Crippen molar-refractivity contribution in [3.8, 4) is 0 Å². The van der Waals surface area contributed by atoms with Gasteiger partial charge in [-0.05, 0) is 0 Å². The van der Waals surface area contributed by atoms with E-state index in [0.29, 0.717) is 14.7 Å². The van der Waals surface area contributed by atoms with E-state index in [0.717, 1.165) is 7.05 Å². The fraction of sp³-hybridized carbons (Fsp3) is 0.333. The minimum Gasteiger partial charge on any atom is -0.293 e. The van der Waals surface area contributed by atoms with Gasteiger partial charge in [-0.1, -0.05) is 0 Å². The maximum atomic E-state index is 12.0. The molecule has 0 saturated carbocycles. The number of rotatable bonds is 2. The Hall–Kier alpha value is -3.44. The second-order valence-electron chi connectivity index (χ2n) is 5.67. The SMILES string of the molecule is CN1C(=O)C2(C1=O)C(=O)N(CN1C(=O)C3(C(=O)NC3=O)C1=O)C2=O. The molecule has 4 fully saturated rings. The molecule has 4 rings (SSSR count). The normalized spacial score (nSPS) is 26.5. The molecule has 12 heteroatoms. The van der Waals surface area contributed by atoms with E-state index >= 15 is 0 Å². The number of imide groups is 4. The zero-order valence-corrected chi connectivity index (χ0v) is 11.8. The van der Waals surface area contributed by atoms with E-state index in [4.69, 9.17) is 0 Å². The fourth-order valence-corrected chi connectivity index (χ4v) is 3.19. The minimum atomic E-state index is -2.42. The van der Waals surface area contributed by atoms with Crippen molar-refractivity contribution in [3.05, 3.63) is 0 Å². The highest BCUT2D eigenvalue weighted by Gasteiger charge is 2.82. The van der Waals surface area contributed by atoms with E-state index in [-0.39, 0.29) is 0 Å². The summed E-state index contributed by atoms with van der Waals surface area (Å²) >= 11 is 0. The molecule has 1 N–H and O–H groups in total. The Labute approximate surface area is 131 Å². The third-order valence-corrected chi connectivity index (χ3v) is 4.71. The van der Waals surface area contributed by atoms with E-state index in [1.165, 1.54) is 0 Å². The number of carbonyl (C=O) groups excluding carboxylic acids is 8. The maximum Gasteiger partial charge on any atom is 0.285 e. The zero-order valence-electron chi connectivity index (χ0n) is 11.8. The molecule has 0 bridgehead atoms. The number of hydrogen-bond acceptors (Lipinski definition) is 8. The highest BCUT2D eigenvalue weighted by atomic mass is 16.2. The summed E-state index contributed by atoms with van der Waals surface area (Å²) in [5, 5.41) is 1.74. The van der Waals surface area contributed by atoms with E-state index in [9.17, 15) is 38.4 Å². The van der Waals surface area contributed by atoms with Crippen LogP contribution in [0, 0.1) is 10.8 Å². The third kappa shape index (κ3) is 0.976. The van der Waals surface area contributed by atoms with Gasteiger partial charge in [-0.15, -0.1) is 0 Å². The molecule has 0 aromatic carbocycles. The fourth-order valence-electron chi connectivity index (χ4n) is 3.19. The van der Waals surface area contributed by atoms with Crippen LogP contribution in [-0.4, -0.2) is 75.7 Å². The van der Waals surface area contributed by atoms with Crippen molar-refractivity contribution in [1.29, 1.82) is 0 Å². The summed E-state index contributed by atoms with van der Waals surface area (Å²) in [6.45, 7) is -0.857. The molecule has 24 heavy (non-hydrogen) atoms. The van der Waals surface area contributed by atoms with Crippen LogP contribution in [0.3, 0.4) is 0 Å². The van der Waals surface area contributed by atoms with Crippen LogP contribution in [0.1, 0.15) is 0 Å². The first-order valence-electron chi connectivity index (χ1n) is 6.55. The first-order valence-corrected chi connectivity index (χ1v) is 6.55. The van der Waals surface area contributed by atoms with Crippen molar-refractivity contribution >= 4 is 47.3 Å². The zero-order chi connectivity index (χ0) is 17.8. The highest BCUT2D eigenvalue weighted by molar-refractivity contribution is 6.54. The quantitative estimate of drug-likeness (QED) is 0.389. The first kappa shape index (κ1) is 14.2. The molecule has 0 atom stereocenters. The van der Waals surface area contributed by atoms with E-state index in [1.54, 1.807) is 5.32 Å². The van der Waals surface area contributed by atoms with Crippen molar-refractivity contribution in [3.63, 3.8) is 0 Å². The number of likely N-dealkylation sites (tertiary alicyclic amines) is 3. The second kappa shape index (κ2) is 3.55. The Morgan fingerprint density at radius 1 is 0.667 bits per heavy atom. The standard InChI is InChI=1S/C12H6N4O8/c1-14-5(19)12(6(14)20)9(23)16(10(12)24)2-15-7(21)11(8(15)22)3(17)13-4(11)18/h2H2,1H3,(H,13,17,18). The van der Waals surface area contributed by atoms with Crippen molar-refractivity contribution in [2.45, 2.75) is 0 Å². The van der Waals surface area contributed by atoms with Crippen LogP contribution in [0.15, 0.2) is 0 Å². The number of nitrogens with zero attached hydrogens (tertiary/aromatic N) is 3. The highest BCUT2D eigenvalue weighted by Crippen LogP contribution is 2.46. The Bertz CT molecular complexity index is 806. The van der Waals surface area contributed by atoms with Crippen molar-refractivity contribution in [1.82, 2.24) is 20.0 Å². The Balaban J connectivity index is 1.54. The van der Waals surface area contributed by atoms with E-state index in [1.807, 2.05) is 0 Å². The summed E-state index contributed by atoms with van der Waals surface area (Å²) in [4.78, 5) is 95.4. The summed E-state index contributed by atoms with van der Waals surface area (Å²) in [5.41, 5.74) is -4.83. The Morgan fingerprint density at radius 3 is 1.42 bits per heavy atom. The number of β-lactam (4-membered cyclic amide) rings is 8. The van der Waals surface area contributed by atoms with Gasteiger partial charge in [0.15, 0.2) is 0 Å². The summed E-state index contributed by atoms with van der Waals surface area (Å²) in [7, 11) is 1.10. The minimum absolute atomic E-state index is 0.372. The van der Waals surface area contributed by atoms with Gasteiger partial charge in [0.2, 0.25) is 0 Å². The lowest BCUT2D eigenvalue weighted by molar-refractivity contribution is -0.202. The summed E-state index contributed by atoms with van der Waals surface area (Å²) in [6.07, 6.45) is 0. The van der Waals surface area contributed by atoms with Crippen LogP contribution in [0.5, 0.6) is 0 Å². The van der Waals surface area contributed by atoms with Gasteiger partial charge in [-0.3, -0.25) is 58.4 Å². The molecular formula is C12H6N4O8. The first-order chi connectivity index (χ1) is 11.1. The molecule has 2 spiro atoms. The van der Waals surface area contributed by atoms with Gasteiger partial charge in [0.25, 0.3) is 58.1 Å². The Morgan fingerprint density at radius 2 is 1.04 bits per heavy atom. The molecule has 0 radical (unpaired) electrons. The Kier molecular flexibility index (Phi) is 2.10. The number of carbonyl (C=O) groups is 8. The molecule has 4 saturated heterocycles. The number of hydrogen-bond donors (Lipinski definition) is 1. The molecule has 4 aliphatic rings. The van der Waals surface area contributed by atoms with Crippen LogP contribution in [0.4, 0.5) is 0 Å².